The van der Waals surface area contributed by atoms with Crippen molar-refractivity contribution in [1.29, 1.82) is 0 Å². The molecule has 1 rings (SSSR count). The van der Waals surface area contributed by atoms with E-state index in [1.54, 1.807) is 6.07 Å². The number of nitrogens with one attached hydrogen (secondary N) is 1. The Morgan fingerprint density at radius 2 is 2.18 bits per heavy atom. The van der Waals surface area contributed by atoms with Crippen LogP contribution in [0.15, 0.2) is 24.3 Å². The van der Waals surface area contributed by atoms with E-state index >= 15 is 0 Å². The van der Waals surface area contributed by atoms with Crippen molar-refractivity contribution in [2.45, 2.75) is 19.1 Å². The zero-order valence-corrected chi connectivity index (χ0v) is 10.7. The molecule has 0 saturated heterocycles. The molecule has 5 heteroatoms. The van der Waals surface area contributed by atoms with E-state index in [0.29, 0.717) is 5.02 Å². The van der Waals surface area contributed by atoms with Crippen LogP contribution in [-0.2, 0) is 9.53 Å². The highest BCUT2D eigenvalue weighted by molar-refractivity contribution is 6.31. The van der Waals surface area contributed by atoms with Crippen molar-refractivity contribution in [1.82, 2.24) is 5.32 Å². The van der Waals surface area contributed by atoms with E-state index in [2.05, 4.69) is 5.32 Å². The van der Waals surface area contributed by atoms with Crippen LogP contribution in [0, 0.1) is 0 Å². The molecule has 0 bridgehead atoms. The summed E-state index contributed by atoms with van der Waals surface area (Å²) in [6, 6.07) is 7.20. The average Bonchev–Trinajstić information content (AvgIpc) is 2.31. The fraction of sp³-hybridized carbons (Fsp3) is 0.417. The summed E-state index contributed by atoms with van der Waals surface area (Å²) in [5, 5.41) is 3.44. The predicted octanol–water partition coefficient (Wildman–Crippen LogP) is 1.49. The molecule has 0 spiro atoms. The number of halogens is 1. The summed E-state index contributed by atoms with van der Waals surface area (Å²) in [5.74, 6) is -0.234. The Kier molecular flexibility index (Phi) is 5.41. The number of carbonyl (C=O) groups excluding carboxylic acids is 1. The third-order valence-electron chi connectivity index (χ3n) is 2.52. The van der Waals surface area contributed by atoms with E-state index < -0.39 is 6.10 Å². The lowest BCUT2D eigenvalue weighted by atomic mass is 10.1. The van der Waals surface area contributed by atoms with Crippen LogP contribution in [0.4, 0.5) is 0 Å². The van der Waals surface area contributed by atoms with Crippen LogP contribution in [0.25, 0.3) is 0 Å². The highest BCUT2D eigenvalue weighted by atomic mass is 35.5. The minimum Gasteiger partial charge on any atom is -0.370 e. The molecule has 17 heavy (non-hydrogen) atoms. The number of carbonyl (C=O) groups is 1. The molecule has 0 aromatic heterocycles. The molecule has 1 unspecified atom stereocenters. The third-order valence-corrected chi connectivity index (χ3v) is 2.87. The molecule has 1 aromatic carbocycles. The number of hydrogen-bond acceptors (Lipinski definition) is 3. The lowest BCUT2D eigenvalue weighted by Crippen LogP contribution is -2.41. The molecule has 0 aliphatic carbocycles. The minimum atomic E-state index is -0.625. The number of benzene rings is 1. The molecular weight excluding hydrogens is 240 g/mol. The first-order valence-corrected chi connectivity index (χ1v) is 5.75. The topological polar surface area (TPSA) is 64.3 Å². The molecule has 1 amide bonds. The monoisotopic (exact) mass is 256 g/mol. The molecule has 2 atom stereocenters. The van der Waals surface area contributed by atoms with Crippen LogP contribution in [0.5, 0.6) is 0 Å². The molecule has 0 aliphatic heterocycles. The summed E-state index contributed by atoms with van der Waals surface area (Å²) in [5.41, 5.74) is 6.29. The van der Waals surface area contributed by atoms with Crippen molar-refractivity contribution in [2.75, 3.05) is 13.7 Å². The fourth-order valence-electron chi connectivity index (χ4n) is 1.52. The Hall–Kier alpha value is -1.10. The number of nitrogens with two attached hydrogens (primary N) is 1. The van der Waals surface area contributed by atoms with Gasteiger partial charge in [0.05, 0.1) is 6.04 Å². The first kappa shape index (κ1) is 14.0. The van der Waals surface area contributed by atoms with Crippen LogP contribution in [0.3, 0.4) is 0 Å². The Morgan fingerprint density at radius 3 is 2.71 bits per heavy atom. The molecule has 0 heterocycles. The molecule has 0 saturated carbocycles. The normalized spacial score (nSPS) is 14.1. The Bertz CT molecular complexity index is 381. The number of methoxy groups -OCH3 is 1. The van der Waals surface area contributed by atoms with Crippen molar-refractivity contribution in [3.8, 4) is 0 Å². The molecule has 3 N–H and O–H groups in total. The highest BCUT2D eigenvalue weighted by Crippen LogP contribution is 2.22. The van der Waals surface area contributed by atoms with E-state index in [0.717, 1.165) is 5.56 Å². The van der Waals surface area contributed by atoms with Crippen molar-refractivity contribution in [3.05, 3.63) is 34.9 Å². The first-order chi connectivity index (χ1) is 8.10. The van der Waals surface area contributed by atoms with Crippen molar-refractivity contribution in [2.24, 2.45) is 5.73 Å². The molecule has 94 valence electrons. The van der Waals surface area contributed by atoms with Gasteiger partial charge in [-0.15, -0.1) is 0 Å². The Balaban J connectivity index is 2.70. The number of ether oxygens (including phenoxy) is 1. The van der Waals surface area contributed by atoms with Gasteiger partial charge in [-0.1, -0.05) is 29.8 Å². The molecule has 0 radical (unpaired) electrons. The molecule has 0 aliphatic rings. The summed E-state index contributed by atoms with van der Waals surface area (Å²) in [7, 11) is 1.46. The zero-order chi connectivity index (χ0) is 12.8. The quantitative estimate of drug-likeness (QED) is 0.839. The number of hydrogen-bond donors (Lipinski definition) is 2. The van der Waals surface area contributed by atoms with Crippen molar-refractivity contribution < 1.29 is 9.53 Å². The molecular formula is C12H17ClN2O2. The molecule has 4 nitrogen and oxygen atoms in total. The maximum Gasteiger partial charge on any atom is 0.250 e. The highest BCUT2D eigenvalue weighted by Gasteiger charge is 2.19. The lowest BCUT2D eigenvalue weighted by Gasteiger charge is -2.19. The Labute approximate surface area is 106 Å². The van der Waals surface area contributed by atoms with Gasteiger partial charge >= 0.3 is 0 Å². The first-order valence-electron chi connectivity index (χ1n) is 5.37. The van der Waals surface area contributed by atoms with E-state index in [1.165, 1.54) is 7.11 Å². The minimum absolute atomic E-state index is 0.150. The van der Waals surface area contributed by atoms with Crippen LogP contribution >= 0.6 is 11.6 Å². The SMILES string of the molecule is COC(CN)C(=O)N[C@@H](C)c1ccccc1Cl. The summed E-state index contributed by atoms with van der Waals surface area (Å²) in [4.78, 5) is 11.7. The number of amides is 1. The van der Waals surface area contributed by atoms with Crippen LogP contribution in [-0.4, -0.2) is 25.7 Å². The zero-order valence-electron chi connectivity index (χ0n) is 9.94. The Morgan fingerprint density at radius 1 is 1.53 bits per heavy atom. The second kappa shape index (κ2) is 6.59. The van der Waals surface area contributed by atoms with Gasteiger partial charge in [-0.25, -0.2) is 0 Å². The van der Waals surface area contributed by atoms with Crippen LogP contribution < -0.4 is 11.1 Å². The van der Waals surface area contributed by atoms with Crippen molar-refractivity contribution >= 4 is 17.5 Å². The second-order valence-corrected chi connectivity index (χ2v) is 4.12. The second-order valence-electron chi connectivity index (χ2n) is 3.71. The number of rotatable bonds is 5. The maximum atomic E-state index is 11.7. The fourth-order valence-corrected chi connectivity index (χ4v) is 1.82. The molecule has 1 aromatic rings. The smallest absolute Gasteiger partial charge is 0.250 e. The largest absolute Gasteiger partial charge is 0.370 e. The van der Waals surface area contributed by atoms with Gasteiger partial charge in [0.15, 0.2) is 0 Å². The van der Waals surface area contributed by atoms with Crippen molar-refractivity contribution in [3.63, 3.8) is 0 Å². The van der Waals surface area contributed by atoms with Gasteiger partial charge in [-0.05, 0) is 18.6 Å². The van der Waals surface area contributed by atoms with Gasteiger partial charge < -0.3 is 15.8 Å². The van der Waals surface area contributed by atoms with Gasteiger partial charge in [0.1, 0.15) is 6.10 Å². The standard InChI is InChI=1S/C12H17ClN2O2/c1-8(9-5-3-4-6-10(9)13)15-12(16)11(7-14)17-2/h3-6,8,11H,7,14H2,1-2H3,(H,15,16)/t8-,11?/m0/s1. The van der Waals surface area contributed by atoms with E-state index in [-0.39, 0.29) is 18.5 Å². The van der Waals surface area contributed by atoms with Gasteiger partial charge in [-0.2, -0.15) is 0 Å². The van der Waals surface area contributed by atoms with Crippen LogP contribution in [0.2, 0.25) is 5.02 Å². The van der Waals surface area contributed by atoms with Gasteiger partial charge in [0.25, 0.3) is 5.91 Å². The van der Waals surface area contributed by atoms with Gasteiger partial charge in [-0.3, -0.25) is 4.79 Å². The summed E-state index contributed by atoms with van der Waals surface area (Å²) in [6.07, 6.45) is -0.625. The summed E-state index contributed by atoms with van der Waals surface area (Å²) < 4.78 is 4.96. The van der Waals surface area contributed by atoms with E-state index in [9.17, 15) is 4.79 Å². The van der Waals surface area contributed by atoms with E-state index in [1.807, 2.05) is 25.1 Å². The van der Waals surface area contributed by atoms with Gasteiger partial charge in [0, 0.05) is 18.7 Å². The van der Waals surface area contributed by atoms with Crippen LogP contribution in [0.1, 0.15) is 18.5 Å². The summed E-state index contributed by atoms with van der Waals surface area (Å²) >= 11 is 6.04. The third kappa shape index (κ3) is 3.70. The predicted molar refractivity (Wildman–Crippen MR) is 67.9 cm³/mol. The lowest BCUT2D eigenvalue weighted by molar-refractivity contribution is -0.131. The van der Waals surface area contributed by atoms with Gasteiger partial charge in [0.2, 0.25) is 0 Å². The molecule has 0 fully saturated rings. The average molecular weight is 257 g/mol. The van der Waals surface area contributed by atoms with E-state index in [4.69, 9.17) is 22.1 Å². The maximum absolute atomic E-state index is 11.7. The summed E-state index contributed by atoms with van der Waals surface area (Å²) in [6.45, 7) is 2.01.